The number of alkyl carbamates (subject to hydrolysis) is 1. The fourth-order valence-electron chi connectivity index (χ4n) is 2.21. The Hall–Kier alpha value is -1.54. The van der Waals surface area contributed by atoms with Gasteiger partial charge in [-0.15, -0.1) is 11.3 Å². The van der Waals surface area contributed by atoms with Crippen molar-refractivity contribution >= 4 is 40.3 Å². The number of nitrogens with one attached hydrogen (secondary N) is 1. The molecule has 1 aromatic rings. The maximum absolute atomic E-state index is 11.8. The lowest BCUT2D eigenvalue weighted by molar-refractivity contribution is -0.109. The topological polar surface area (TPSA) is 81.7 Å². The SMILES string of the molecule is COC(=O)c1cc(C)c(CC[C@@H](CNC(=O)OC(C)(C)C)SC(C)=O)s1. The molecule has 1 N–H and O–H groups in total. The van der Waals surface area contributed by atoms with Gasteiger partial charge in [-0.05, 0) is 52.2 Å². The Morgan fingerprint density at radius 1 is 1.31 bits per heavy atom. The smallest absolute Gasteiger partial charge is 0.407 e. The van der Waals surface area contributed by atoms with Crippen molar-refractivity contribution in [3.8, 4) is 0 Å². The molecule has 0 aromatic carbocycles. The van der Waals surface area contributed by atoms with Gasteiger partial charge in [-0.3, -0.25) is 4.79 Å². The number of carbonyl (C=O) groups is 3. The molecule has 0 saturated heterocycles. The largest absolute Gasteiger partial charge is 0.465 e. The summed E-state index contributed by atoms with van der Waals surface area (Å²) in [5.74, 6) is -0.342. The number of ether oxygens (including phenoxy) is 2. The number of rotatable bonds is 7. The Bertz CT molecular complexity index is 648. The highest BCUT2D eigenvalue weighted by Crippen LogP contribution is 2.26. The highest BCUT2D eigenvalue weighted by atomic mass is 32.2. The third-order valence-electron chi connectivity index (χ3n) is 3.31. The van der Waals surface area contributed by atoms with Crippen LogP contribution in [0.4, 0.5) is 4.79 Å². The second-order valence-corrected chi connectivity index (χ2v) is 9.48. The molecule has 0 aliphatic carbocycles. The summed E-state index contributed by atoms with van der Waals surface area (Å²) in [6, 6.07) is 1.82. The van der Waals surface area contributed by atoms with Gasteiger partial charge in [-0.25, -0.2) is 9.59 Å². The molecule has 1 rings (SSSR count). The number of hydrogen-bond acceptors (Lipinski definition) is 7. The average molecular weight is 402 g/mol. The molecule has 0 unspecified atom stereocenters. The Kier molecular flexibility index (Phi) is 8.62. The summed E-state index contributed by atoms with van der Waals surface area (Å²) in [6.45, 7) is 9.20. The van der Waals surface area contributed by atoms with Crippen LogP contribution in [0.3, 0.4) is 0 Å². The maximum atomic E-state index is 11.8. The minimum Gasteiger partial charge on any atom is -0.465 e. The summed E-state index contributed by atoms with van der Waals surface area (Å²) in [6.07, 6.45) is 0.920. The zero-order valence-corrected chi connectivity index (χ0v) is 17.8. The Morgan fingerprint density at radius 3 is 2.50 bits per heavy atom. The molecule has 0 aliphatic rings. The van der Waals surface area contributed by atoms with Gasteiger partial charge in [0, 0.05) is 23.6 Å². The molecule has 146 valence electrons. The minimum atomic E-state index is -0.564. The lowest BCUT2D eigenvalue weighted by Gasteiger charge is -2.21. The molecule has 8 heteroatoms. The first-order chi connectivity index (χ1) is 12.0. The first kappa shape index (κ1) is 22.5. The van der Waals surface area contributed by atoms with E-state index in [0.29, 0.717) is 24.3 Å². The van der Waals surface area contributed by atoms with Crippen molar-refractivity contribution in [2.45, 2.75) is 58.3 Å². The summed E-state index contributed by atoms with van der Waals surface area (Å²) in [5.41, 5.74) is 0.466. The lowest BCUT2D eigenvalue weighted by Crippen LogP contribution is -2.36. The summed E-state index contributed by atoms with van der Waals surface area (Å²) in [5, 5.41) is 2.66. The van der Waals surface area contributed by atoms with E-state index in [1.807, 2.05) is 13.0 Å². The van der Waals surface area contributed by atoms with Gasteiger partial charge in [-0.2, -0.15) is 0 Å². The predicted octanol–water partition coefficient (Wildman–Crippen LogP) is 3.95. The summed E-state index contributed by atoms with van der Waals surface area (Å²) in [7, 11) is 1.36. The van der Waals surface area contributed by atoms with Crippen molar-refractivity contribution in [1.29, 1.82) is 0 Å². The van der Waals surface area contributed by atoms with Gasteiger partial charge in [0.15, 0.2) is 5.12 Å². The summed E-state index contributed by atoms with van der Waals surface area (Å²) < 4.78 is 9.97. The molecule has 6 nitrogen and oxygen atoms in total. The number of hydrogen-bond donors (Lipinski definition) is 1. The van der Waals surface area contributed by atoms with Crippen LogP contribution in [0.15, 0.2) is 6.07 Å². The molecule has 1 atom stereocenters. The number of methoxy groups -OCH3 is 1. The number of aryl methyl sites for hydroxylation is 2. The maximum Gasteiger partial charge on any atom is 0.407 e. The number of amides is 1. The highest BCUT2D eigenvalue weighted by Gasteiger charge is 2.20. The summed E-state index contributed by atoms with van der Waals surface area (Å²) in [4.78, 5) is 36.6. The van der Waals surface area contributed by atoms with Crippen LogP contribution < -0.4 is 5.32 Å². The lowest BCUT2D eigenvalue weighted by atomic mass is 10.1. The fourth-order valence-corrected chi connectivity index (χ4v) is 4.19. The van der Waals surface area contributed by atoms with E-state index in [9.17, 15) is 14.4 Å². The van der Waals surface area contributed by atoms with Crippen LogP contribution >= 0.6 is 23.1 Å². The van der Waals surface area contributed by atoms with Gasteiger partial charge in [0.1, 0.15) is 10.5 Å². The highest BCUT2D eigenvalue weighted by molar-refractivity contribution is 8.14. The molecular weight excluding hydrogens is 374 g/mol. The van der Waals surface area contributed by atoms with Crippen LogP contribution in [-0.4, -0.2) is 41.7 Å². The monoisotopic (exact) mass is 401 g/mol. The number of carbonyl (C=O) groups excluding carboxylic acids is 3. The van der Waals surface area contributed by atoms with Crippen molar-refractivity contribution < 1.29 is 23.9 Å². The van der Waals surface area contributed by atoms with E-state index < -0.39 is 11.7 Å². The van der Waals surface area contributed by atoms with Crippen LogP contribution in [0.25, 0.3) is 0 Å². The van der Waals surface area contributed by atoms with Crippen molar-refractivity contribution in [2.75, 3.05) is 13.7 Å². The second-order valence-electron chi connectivity index (χ2n) is 6.86. The fraction of sp³-hybridized carbons (Fsp3) is 0.611. The van der Waals surface area contributed by atoms with Crippen molar-refractivity contribution in [3.63, 3.8) is 0 Å². The molecule has 1 heterocycles. The van der Waals surface area contributed by atoms with Crippen molar-refractivity contribution in [2.24, 2.45) is 0 Å². The number of thiophene rings is 1. The van der Waals surface area contributed by atoms with E-state index in [1.54, 1.807) is 20.8 Å². The Morgan fingerprint density at radius 2 is 1.96 bits per heavy atom. The van der Waals surface area contributed by atoms with Crippen LogP contribution in [0.1, 0.15) is 54.2 Å². The first-order valence-corrected chi connectivity index (χ1v) is 10.0. The van der Waals surface area contributed by atoms with Gasteiger partial charge in [0.05, 0.1) is 7.11 Å². The second kappa shape index (κ2) is 9.97. The van der Waals surface area contributed by atoms with E-state index in [-0.39, 0.29) is 16.3 Å². The molecule has 0 aliphatic heterocycles. The molecule has 1 aromatic heterocycles. The van der Waals surface area contributed by atoms with Gasteiger partial charge >= 0.3 is 12.1 Å². The quantitative estimate of drug-likeness (QED) is 0.697. The molecule has 0 fully saturated rings. The molecule has 0 bridgehead atoms. The van der Waals surface area contributed by atoms with E-state index in [1.165, 1.54) is 37.1 Å². The van der Waals surface area contributed by atoms with Gasteiger partial charge < -0.3 is 14.8 Å². The Balaban J connectivity index is 2.65. The van der Waals surface area contributed by atoms with Crippen molar-refractivity contribution in [3.05, 3.63) is 21.4 Å². The van der Waals surface area contributed by atoms with Gasteiger partial charge in [0.25, 0.3) is 0 Å². The number of thioether (sulfide) groups is 1. The normalized spacial score (nSPS) is 12.4. The van der Waals surface area contributed by atoms with E-state index in [4.69, 9.17) is 9.47 Å². The zero-order chi connectivity index (χ0) is 19.9. The molecule has 26 heavy (non-hydrogen) atoms. The van der Waals surface area contributed by atoms with Crippen LogP contribution in [0.5, 0.6) is 0 Å². The number of esters is 1. The summed E-state index contributed by atoms with van der Waals surface area (Å²) >= 11 is 2.61. The van der Waals surface area contributed by atoms with E-state index in [0.717, 1.165) is 10.4 Å². The van der Waals surface area contributed by atoms with Crippen LogP contribution in [-0.2, 0) is 20.7 Å². The van der Waals surface area contributed by atoms with Crippen molar-refractivity contribution in [1.82, 2.24) is 5.32 Å². The molecule has 0 saturated carbocycles. The molecule has 0 radical (unpaired) electrons. The van der Waals surface area contributed by atoms with Gasteiger partial charge in [-0.1, -0.05) is 11.8 Å². The zero-order valence-electron chi connectivity index (χ0n) is 16.1. The third kappa shape index (κ3) is 8.23. The average Bonchev–Trinajstić information content (AvgIpc) is 2.88. The standard InChI is InChI=1S/C18H27NO5S2/c1-11-9-15(16(21)23-6)26-14(11)8-7-13(25-12(2)20)10-19-17(22)24-18(3,4)5/h9,13H,7-8,10H2,1-6H3,(H,19,22)/t13-/m0/s1. The van der Waals surface area contributed by atoms with Crippen LogP contribution in [0.2, 0.25) is 0 Å². The molecule has 0 spiro atoms. The Labute approximate surface area is 163 Å². The van der Waals surface area contributed by atoms with E-state index >= 15 is 0 Å². The predicted molar refractivity (Wildman–Crippen MR) is 105 cm³/mol. The molecular formula is C18H27NO5S2. The molecule has 1 amide bonds. The third-order valence-corrected chi connectivity index (χ3v) is 5.65. The first-order valence-electron chi connectivity index (χ1n) is 8.33. The van der Waals surface area contributed by atoms with Gasteiger partial charge in [0.2, 0.25) is 0 Å². The van der Waals surface area contributed by atoms with E-state index in [2.05, 4.69) is 5.32 Å². The van der Waals surface area contributed by atoms with Crippen LogP contribution in [0, 0.1) is 6.92 Å². The minimum absolute atomic E-state index is 0.000796.